The fraction of sp³-hybridized carbons (Fsp3) is 0.357. The summed E-state index contributed by atoms with van der Waals surface area (Å²) in [5.41, 5.74) is 2.68. The van der Waals surface area contributed by atoms with Crippen molar-refractivity contribution in [1.29, 1.82) is 0 Å². The molecule has 0 amide bonds. The van der Waals surface area contributed by atoms with Gasteiger partial charge in [0.05, 0.1) is 18.8 Å². The highest BCUT2D eigenvalue weighted by Crippen LogP contribution is 2.22. The molecule has 5 heteroatoms. The fourth-order valence-electron chi connectivity index (χ4n) is 1.99. The zero-order chi connectivity index (χ0) is 13.8. The van der Waals surface area contributed by atoms with E-state index in [9.17, 15) is 5.11 Å². The predicted molar refractivity (Wildman–Crippen MR) is 77.7 cm³/mol. The zero-order valence-electron chi connectivity index (χ0n) is 10.7. The predicted octanol–water partition coefficient (Wildman–Crippen LogP) is 3.68. The van der Waals surface area contributed by atoms with E-state index in [1.807, 2.05) is 24.3 Å². The monoisotopic (exact) mass is 298 g/mol. The van der Waals surface area contributed by atoms with Crippen molar-refractivity contribution in [2.75, 3.05) is 0 Å². The number of rotatable bonds is 5. The van der Waals surface area contributed by atoms with Crippen LogP contribution in [0.1, 0.15) is 30.2 Å². The van der Waals surface area contributed by atoms with Crippen LogP contribution in [0, 0.1) is 0 Å². The van der Waals surface area contributed by atoms with E-state index in [-0.39, 0.29) is 6.61 Å². The highest BCUT2D eigenvalue weighted by molar-refractivity contribution is 6.30. The van der Waals surface area contributed by atoms with Gasteiger partial charge in [-0.25, -0.2) is 4.68 Å². The Bertz CT molecular complexity index is 549. The Morgan fingerprint density at radius 3 is 2.47 bits per heavy atom. The van der Waals surface area contributed by atoms with Crippen molar-refractivity contribution in [2.24, 2.45) is 0 Å². The fourth-order valence-corrected chi connectivity index (χ4v) is 2.38. The lowest BCUT2D eigenvalue weighted by Gasteiger charge is -2.04. The van der Waals surface area contributed by atoms with E-state index in [0.29, 0.717) is 16.7 Å². The lowest BCUT2D eigenvalue weighted by Crippen LogP contribution is -2.02. The lowest BCUT2D eigenvalue weighted by molar-refractivity contribution is 0.280. The van der Waals surface area contributed by atoms with Crippen LogP contribution in [0.25, 0.3) is 0 Å². The molecular formula is C14H16Cl2N2O. The Hall–Kier alpha value is -1.03. The molecule has 2 rings (SSSR count). The summed E-state index contributed by atoms with van der Waals surface area (Å²) in [6.45, 7) is 2.58. The first-order valence-corrected chi connectivity index (χ1v) is 7.00. The summed E-state index contributed by atoms with van der Waals surface area (Å²) >= 11 is 12.1. The maximum Gasteiger partial charge on any atom is 0.133 e. The molecule has 1 N–H and O–H groups in total. The molecule has 19 heavy (non-hydrogen) atoms. The van der Waals surface area contributed by atoms with Gasteiger partial charge in [0.2, 0.25) is 0 Å². The normalized spacial score (nSPS) is 10.9. The minimum absolute atomic E-state index is 0.0746. The van der Waals surface area contributed by atoms with Gasteiger partial charge in [-0.15, -0.1) is 0 Å². The van der Waals surface area contributed by atoms with E-state index in [2.05, 4.69) is 12.0 Å². The maximum atomic E-state index is 9.39. The quantitative estimate of drug-likeness (QED) is 0.914. The number of benzene rings is 1. The first kappa shape index (κ1) is 14.4. The molecular weight excluding hydrogens is 283 g/mol. The number of hydrogen-bond donors (Lipinski definition) is 1. The standard InChI is InChI=1S/C14H16Cl2N2O/c1-2-3-13-12(9-19)14(16)18(17-13)8-10-4-6-11(15)7-5-10/h4-7,19H,2-3,8-9H2,1H3. The summed E-state index contributed by atoms with van der Waals surface area (Å²) in [7, 11) is 0. The van der Waals surface area contributed by atoms with Gasteiger partial charge in [0.15, 0.2) is 0 Å². The third kappa shape index (κ3) is 3.30. The summed E-state index contributed by atoms with van der Waals surface area (Å²) in [5.74, 6) is 0. The van der Waals surface area contributed by atoms with E-state index in [1.165, 1.54) is 0 Å². The summed E-state index contributed by atoms with van der Waals surface area (Å²) in [6.07, 6.45) is 1.80. The average Bonchev–Trinajstić information content (AvgIpc) is 2.69. The largest absolute Gasteiger partial charge is 0.391 e. The van der Waals surface area contributed by atoms with Crippen LogP contribution < -0.4 is 0 Å². The maximum absolute atomic E-state index is 9.39. The summed E-state index contributed by atoms with van der Waals surface area (Å²) in [5, 5.41) is 15.1. The molecule has 0 fully saturated rings. The molecule has 0 unspecified atom stereocenters. The van der Waals surface area contributed by atoms with Gasteiger partial charge in [-0.3, -0.25) is 0 Å². The van der Waals surface area contributed by atoms with Crippen molar-refractivity contribution in [3.8, 4) is 0 Å². The molecule has 1 heterocycles. The highest BCUT2D eigenvalue weighted by Gasteiger charge is 2.14. The molecule has 0 bridgehead atoms. The molecule has 0 atom stereocenters. The minimum atomic E-state index is -0.0746. The molecule has 0 aliphatic rings. The van der Waals surface area contributed by atoms with Crippen LogP contribution in [0.2, 0.25) is 10.2 Å². The van der Waals surface area contributed by atoms with E-state index >= 15 is 0 Å². The second-order valence-corrected chi connectivity index (χ2v) is 5.20. The number of aliphatic hydroxyl groups excluding tert-OH is 1. The third-order valence-corrected chi connectivity index (χ3v) is 3.63. The van der Waals surface area contributed by atoms with E-state index in [0.717, 1.165) is 29.7 Å². The molecule has 0 spiro atoms. The second kappa shape index (κ2) is 6.42. The highest BCUT2D eigenvalue weighted by atomic mass is 35.5. The van der Waals surface area contributed by atoms with Crippen molar-refractivity contribution >= 4 is 23.2 Å². The van der Waals surface area contributed by atoms with Crippen LogP contribution in [-0.2, 0) is 19.6 Å². The summed E-state index contributed by atoms with van der Waals surface area (Å²) < 4.78 is 1.72. The molecule has 3 nitrogen and oxygen atoms in total. The molecule has 1 aromatic heterocycles. The van der Waals surface area contributed by atoms with Gasteiger partial charge < -0.3 is 5.11 Å². The molecule has 1 aromatic carbocycles. The van der Waals surface area contributed by atoms with E-state index in [1.54, 1.807) is 4.68 Å². The Labute approximate surface area is 122 Å². The first-order chi connectivity index (χ1) is 9.15. The summed E-state index contributed by atoms with van der Waals surface area (Å²) in [6, 6.07) is 7.57. The molecule has 0 radical (unpaired) electrons. The third-order valence-electron chi connectivity index (χ3n) is 2.96. The van der Waals surface area contributed by atoms with Gasteiger partial charge in [-0.2, -0.15) is 5.10 Å². The van der Waals surface area contributed by atoms with Crippen LogP contribution in [0.5, 0.6) is 0 Å². The zero-order valence-corrected chi connectivity index (χ0v) is 12.2. The van der Waals surface area contributed by atoms with Crippen LogP contribution in [0.15, 0.2) is 24.3 Å². The minimum Gasteiger partial charge on any atom is -0.391 e. The lowest BCUT2D eigenvalue weighted by atomic mass is 10.2. The van der Waals surface area contributed by atoms with Gasteiger partial charge in [-0.1, -0.05) is 48.7 Å². The molecule has 0 aliphatic carbocycles. The molecule has 2 aromatic rings. The second-order valence-electron chi connectivity index (χ2n) is 4.41. The van der Waals surface area contributed by atoms with Crippen molar-refractivity contribution < 1.29 is 5.11 Å². The van der Waals surface area contributed by atoms with Crippen LogP contribution >= 0.6 is 23.2 Å². The molecule has 102 valence electrons. The average molecular weight is 299 g/mol. The Balaban J connectivity index is 2.27. The van der Waals surface area contributed by atoms with Gasteiger partial charge in [0.1, 0.15) is 5.15 Å². The van der Waals surface area contributed by atoms with E-state index < -0.39 is 0 Å². The van der Waals surface area contributed by atoms with Gasteiger partial charge in [0, 0.05) is 10.6 Å². The van der Waals surface area contributed by atoms with Crippen LogP contribution in [-0.4, -0.2) is 14.9 Å². The number of hydrogen-bond acceptors (Lipinski definition) is 2. The van der Waals surface area contributed by atoms with Gasteiger partial charge >= 0.3 is 0 Å². The first-order valence-electron chi connectivity index (χ1n) is 6.25. The SMILES string of the molecule is CCCc1nn(Cc2ccc(Cl)cc2)c(Cl)c1CO. The number of aromatic nitrogens is 2. The smallest absolute Gasteiger partial charge is 0.133 e. The van der Waals surface area contributed by atoms with Crippen molar-refractivity contribution in [2.45, 2.75) is 32.9 Å². The van der Waals surface area contributed by atoms with Crippen molar-refractivity contribution in [1.82, 2.24) is 9.78 Å². The Morgan fingerprint density at radius 1 is 1.21 bits per heavy atom. The number of halogens is 2. The molecule has 0 saturated carbocycles. The van der Waals surface area contributed by atoms with Gasteiger partial charge in [-0.05, 0) is 24.1 Å². The topological polar surface area (TPSA) is 38.0 Å². The van der Waals surface area contributed by atoms with Crippen LogP contribution in [0.3, 0.4) is 0 Å². The Kier molecular flexibility index (Phi) is 4.86. The number of aryl methyl sites for hydroxylation is 1. The number of aliphatic hydroxyl groups is 1. The molecule has 0 aliphatic heterocycles. The Morgan fingerprint density at radius 2 is 1.89 bits per heavy atom. The number of nitrogens with zero attached hydrogens (tertiary/aromatic N) is 2. The van der Waals surface area contributed by atoms with Crippen LogP contribution in [0.4, 0.5) is 0 Å². The van der Waals surface area contributed by atoms with E-state index in [4.69, 9.17) is 23.2 Å². The van der Waals surface area contributed by atoms with Gasteiger partial charge in [0.25, 0.3) is 0 Å². The summed E-state index contributed by atoms with van der Waals surface area (Å²) in [4.78, 5) is 0. The molecule has 0 saturated heterocycles. The van der Waals surface area contributed by atoms with Crippen molar-refractivity contribution in [3.05, 3.63) is 51.3 Å². The van der Waals surface area contributed by atoms with Crippen molar-refractivity contribution in [3.63, 3.8) is 0 Å².